The standard InChI is InChI=1S/C14H19N3O/c1-14(2,3)7-9-4-5-12(18)10(6-9)11-8-16-17-13(11)15/h4-6,8,18H,7H2,1-3H3,(H3,15,16,17). The first kappa shape index (κ1) is 12.5. The van der Waals surface area contributed by atoms with Crippen molar-refractivity contribution in [3.05, 3.63) is 30.0 Å². The zero-order valence-electron chi connectivity index (χ0n) is 11.0. The van der Waals surface area contributed by atoms with Crippen LogP contribution in [0.2, 0.25) is 0 Å². The van der Waals surface area contributed by atoms with Gasteiger partial charge in [-0.3, -0.25) is 5.10 Å². The molecule has 0 amide bonds. The normalized spacial score (nSPS) is 11.7. The highest BCUT2D eigenvalue weighted by Crippen LogP contribution is 2.34. The molecule has 0 saturated carbocycles. The quantitative estimate of drug-likeness (QED) is 0.761. The number of anilines is 1. The topological polar surface area (TPSA) is 74.9 Å². The fraction of sp³-hybridized carbons (Fsp3) is 0.357. The highest BCUT2D eigenvalue weighted by Gasteiger charge is 2.15. The molecular weight excluding hydrogens is 226 g/mol. The van der Waals surface area contributed by atoms with E-state index in [1.807, 2.05) is 12.1 Å². The fourth-order valence-corrected chi connectivity index (χ4v) is 2.03. The number of hydrogen-bond donors (Lipinski definition) is 3. The Bertz CT molecular complexity index is 552. The number of phenols is 1. The van der Waals surface area contributed by atoms with Gasteiger partial charge in [-0.1, -0.05) is 26.8 Å². The van der Waals surface area contributed by atoms with E-state index in [1.165, 1.54) is 5.56 Å². The van der Waals surface area contributed by atoms with Gasteiger partial charge >= 0.3 is 0 Å². The van der Waals surface area contributed by atoms with Crippen LogP contribution in [-0.2, 0) is 6.42 Å². The van der Waals surface area contributed by atoms with Gasteiger partial charge in [0.15, 0.2) is 0 Å². The zero-order chi connectivity index (χ0) is 13.3. The second-order valence-corrected chi connectivity index (χ2v) is 5.79. The molecule has 0 aliphatic carbocycles. The van der Waals surface area contributed by atoms with Crippen LogP contribution in [0.1, 0.15) is 26.3 Å². The van der Waals surface area contributed by atoms with Crippen LogP contribution in [-0.4, -0.2) is 15.3 Å². The largest absolute Gasteiger partial charge is 0.507 e. The number of rotatable bonds is 2. The van der Waals surface area contributed by atoms with E-state index >= 15 is 0 Å². The molecule has 1 heterocycles. The molecule has 0 aliphatic heterocycles. The lowest BCUT2D eigenvalue weighted by Crippen LogP contribution is -2.09. The van der Waals surface area contributed by atoms with Gasteiger partial charge in [0, 0.05) is 11.1 Å². The van der Waals surface area contributed by atoms with Crippen molar-refractivity contribution in [2.75, 3.05) is 5.73 Å². The Hall–Kier alpha value is -1.97. The zero-order valence-corrected chi connectivity index (χ0v) is 11.0. The van der Waals surface area contributed by atoms with Crippen LogP contribution in [0.4, 0.5) is 5.82 Å². The van der Waals surface area contributed by atoms with E-state index in [4.69, 9.17) is 5.73 Å². The second-order valence-electron chi connectivity index (χ2n) is 5.79. The molecule has 1 aromatic heterocycles. The van der Waals surface area contributed by atoms with Gasteiger partial charge < -0.3 is 10.8 Å². The molecule has 2 aromatic rings. The summed E-state index contributed by atoms with van der Waals surface area (Å²) in [6.45, 7) is 6.56. The number of nitrogens with zero attached hydrogens (tertiary/aromatic N) is 1. The van der Waals surface area contributed by atoms with Crippen molar-refractivity contribution in [2.45, 2.75) is 27.2 Å². The lowest BCUT2D eigenvalue weighted by molar-refractivity contribution is 0.410. The van der Waals surface area contributed by atoms with E-state index in [0.29, 0.717) is 5.82 Å². The summed E-state index contributed by atoms with van der Waals surface area (Å²) >= 11 is 0. The molecule has 0 aliphatic rings. The summed E-state index contributed by atoms with van der Waals surface area (Å²) in [6.07, 6.45) is 2.57. The number of benzene rings is 1. The van der Waals surface area contributed by atoms with Gasteiger partial charge in [-0.05, 0) is 29.5 Å². The van der Waals surface area contributed by atoms with E-state index in [2.05, 4.69) is 31.0 Å². The van der Waals surface area contributed by atoms with Crippen molar-refractivity contribution >= 4 is 5.82 Å². The summed E-state index contributed by atoms with van der Waals surface area (Å²) in [5.74, 6) is 0.693. The van der Waals surface area contributed by atoms with Gasteiger partial charge in [-0.15, -0.1) is 0 Å². The lowest BCUT2D eigenvalue weighted by Gasteiger charge is -2.18. The minimum absolute atomic E-state index is 0.205. The third kappa shape index (κ3) is 2.64. The Labute approximate surface area is 107 Å². The summed E-state index contributed by atoms with van der Waals surface area (Å²) < 4.78 is 0. The Morgan fingerprint density at radius 3 is 2.56 bits per heavy atom. The molecule has 0 radical (unpaired) electrons. The van der Waals surface area contributed by atoms with Crippen LogP contribution in [0.3, 0.4) is 0 Å². The van der Waals surface area contributed by atoms with E-state index in [9.17, 15) is 5.11 Å². The van der Waals surface area contributed by atoms with Crippen LogP contribution in [0.25, 0.3) is 11.1 Å². The van der Waals surface area contributed by atoms with E-state index < -0.39 is 0 Å². The smallest absolute Gasteiger partial charge is 0.126 e. The van der Waals surface area contributed by atoms with E-state index in [-0.39, 0.29) is 11.2 Å². The molecule has 96 valence electrons. The molecule has 4 nitrogen and oxygen atoms in total. The Balaban J connectivity index is 2.42. The van der Waals surface area contributed by atoms with E-state index in [0.717, 1.165) is 17.5 Å². The number of aromatic hydroxyl groups is 1. The summed E-state index contributed by atoms with van der Waals surface area (Å²) in [5, 5.41) is 16.5. The first-order valence-electron chi connectivity index (χ1n) is 5.98. The molecule has 4 N–H and O–H groups in total. The maximum atomic E-state index is 9.93. The molecule has 0 unspecified atom stereocenters. The predicted molar refractivity (Wildman–Crippen MR) is 73.3 cm³/mol. The van der Waals surface area contributed by atoms with Gasteiger partial charge in [0.25, 0.3) is 0 Å². The molecule has 0 bridgehead atoms. The van der Waals surface area contributed by atoms with Crippen molar-refractivity contribution in [3.63, 3.8) is 0 Å². The van der Waals surface area contributed by atoms with Gasteiger partial charge in [0.05, 0.1) is 6.20 Å². The van der Waals surface area contributed by atoms with Gasteiger partial charge in [0.1, 0.15) is 11.6 Å². The maximum Gasteiger partial charge on any atom is 0.126 e. The molecule has 0 spiro atoms. The van der Waals surface area contributed by atoms with Crippen LogP contribution in [0.5, 0.6) is 5.75 Å². The average molecular weight is 245 g/mol. The van der Waals surface area contributed by atoms with Crippen LogP contribution in [0, 0.1) is 5.41 Å². The Morgan fingerprint density at radius 1 is 1.28 bits per heavy atom. The van der Waals surface area contributed by atoms with Gasteiger partial charge in [-0.25, -0.2) is 0 Å². The minimum atomic E-state index is 0.205. The second kappa shape index (κ2) is 4.37. The molecule has 0 atom stereocenters. The number of nitrogens with two attached hydrogens (primary N) is 1. The number of aromatic nitrogens is 2. The SMILES string of the molecule is CC(C)(C)Cc1ccc(O)c(-c2cn[nH]c2N)c1. The van der Waals surface area contributed by atoms with Crippen molar-refractivity contribution in [2.24, 2.45) is 5.41 Å². The van der Waals surface area contributed by atoms with Gasteiger partial charge in [0.2, 0.25) is 0 Å². The monoisotopic (exact) mass is 245 g/mol. The number of phenolic OH excluding ortho intramolecular Hbond substituents is 1. The first-order valence-corrected chi connectivity index (χ1v) is 5.98. The predicted octanol–water partition coefficient (Wildman–Crippen LogP) is 2.95. The minimum Gasteiger partial charge on any atom is -0.507 e. The molecular formula is C14H19N3O. The number of hydrogen-bond acceptors (Lipinski definition) is 3. The Morgan fingerprint density at radius 2 is 2.00 bits per heavy atom. The van der Waals surface area contributed by atoms with Crippen molar-refractivity contribution in [1.82, 2.24) is 10.2 Å². The first-order chi connectivity index (χ1) is 8.37. The van der Waals surface area contributed by atoms with Gasteiger partial charge in [-0.2, -0.15) is 5.10 Å². The highest BCUT2D eigenvalue weighted by atomic mass is 16.3. The summed E-state index contributed by atoms with van der Waals surface area (Å²) in [7, 11) is 0. The van der Waals surface area contributed by atoms with Crippen LogP contribution >= 0.6 is 0 Å². The summed E-state index contributed by atoms with van der Waals surface area (Å²) in [5.41, 5.74) is 8.64. The molecule has 18 heavy (non-hydrogen) atoms. The number of H-pyrrole nitrogens is 1. The molecule has 0 fully saturated rings. The third-order valence-electron chi connectivity index (χ3n) is 2.75. The van der Waals surface area contributed by atoms with Crippen LogP contribution < -0.4 is 5.73 Å². The third-order valence-corrected chi connectivity index (χ3v) is 2.75. The van der Waals surface area contributed by atoms with Crippen molar-refractivity contribution in [1.29, 1.82) is 0 Å². The molecule has 4 heteroatoms. The molecule has 1 aromatic carbocycles. The Kier molecular flexibility index (Phi) is 3.03. The fourth-order valence-electron chi connectivity index (χ4n) is 2.03. The molecule has 0 saturated heterocycles. The van der Waals surface area contributed by atoms with Crippen LogP contribution in [0.15, 0.2) is 24.4 Å². The number of nitrogens with one attached hydrogen (secondary N) is 1. The van der Waals surface area contributed by atoms with E-state index in [1.54, 1.807) is 12.3 Å². The van der Waals surface area contributed by atoms with Crippen molar-refractivity contribution in [3.8, 4) is 16.9 Å². The molecule has 2 rings (SSSR count). The maximum absolute atomic E-state index is 9.93. The summed E-state index contributed by atoms with van der Waals surface area (Å²) in [4.78, 5) is 0. The number of aromatic amines is 1. The average Bonchev–Trinajstić information content (AvgIpc) is 2.65. The van der Waals surface area contributed by atoms with Crippen molar-refractivity contribution < 1.29 is 5.11 Å². The summed E-state index contributed by atoms with van der Waals surface area (Å²) in [6, 6.07) is 5.63. The lowest BCUT2D eigenvalue weighted by atomic mass is 9.87. The highest BCUT2D eigenvalue weighted by molar-refractivity contribution is 5.78. The number of nitrogen functional groups attached to an aromatic ring is 1.